The quantitative estimate of drug-likeness (QED) is 0.835. The molecule has 1 aromatic carbocycles. The molecule has 1 aliphatic carbocycles. The molecule has 27 heavy (non-hydrogen) atoms. The summed E-state index contributed by atoms with van der Waals surface area (Å²) >= 11 is 0. The first-order chi connectivity index (χ1) is 12.8. The molecule has 0 unspecified atom stereocenters. The Bertz CT molecular complexity index is 838. The fourth-order valence-corrected chi connectivity index (χ4v) is 3.27. The summed E-state index contributed by atoms with van der Waals surface area (Å²) in [7, 11) is 0. The summed E-state index contributed by atoms with van der Waals surface area (Å²) in [5.74, 6) is -1.84. The molecule has 144 valence electrons. The third-order valence-electron chi connectivity index (χ3n) is 4.62. The number of nitrogens with one attached hydrogen (secondary N) is 1. The molecule has 0 atom stereocenters. The Balaban J connectivity index is 1.81. The number of carbonyl (C=O) groups excluding carboxylic acids is 1. The molecular weight excluding hydrogens is 363 g/mol. The molecule has 1 aliphatic rings. The van der Waals surface area contributed by atoms with Crippen LogP contribution < -0.4 is 5.32 Å². The summed E-state index contributed by atoms with van der Waals surface area (Å²) in [4.78, 5) is 23.3. The van der Waals surface area contributed by atoms with E-state index in [0.29, 0.717) is 16.6 Å². The van der Waals surface area contributed by atoms with Crippen LogP contribution in [0, 0.1) is 5.92 Å². The van der Waals surface area contributed by atoms with Gasteiger partial charge in [0.2, 0.25) is 5.91 Å². The lowest BCUT2D eigenvalue weighted by atomic mass is 9.88. The fraction of sp³-hybridized carbons (Fsp3) is 0.389. The number of hydrogen-bond donors (Lipinski definition) is 2. The molecule has 1 fully saturated rings. The monoisotopic (exact) mass is 381 g/mol. The van der Waals surface area contributed by atoms with E-state index in [1.54, 1.807) is 0 Å². The summed E-state index contributed by atoms with van der Waals surface area (Å²) in [6, 6.07) is 5.64. The number of hydrogen-bond acceptors (Lipinski definition) is 3. The maximum Gasteiger partial charge on any atom is 0.434 e. The summed E-state index contributed by atoms with van der Waals surface area (Å²) < 4.78 is 40.3. The Kier molecular flexibility index (Phi) is 5.20. The van der Waals surface area contributed by atoms with E-state index in [9.17, 15) is 22.8 Å². The molecule has 2 N–H and O–H groups in total. The first-order valence-corrected chi connectivity index (χ1v) is 8.57. The molecule has 3 rings (SSSR count). The lowest BCUT2D eigenvalue weighted by Crippen LogP contribution is -2.24. The minimum atomic E-state index is -4.88. The van der Waals surface area contributed by atoms with Crippen molar-refractivity contribution in [2.45, 2.75) is 38.3 Å². The molecule has 1 amide bonds. The van der Waals surface area contributed by atoms with Gasteiger partial charge in [-0.25, -0.2) is 9.48 Å². The van der Waals surface area contributed by atoms with Gasteiger partial charge in [-0.3, -0.25) is 4.79 Å². The van der Waals surface area contributed by atoms with Gasteiger partial charge in [0.25, 0.3) is 0 Å². The Labute approximate surface area is 153 Å². The van der Waals surface area contributed by atoms with E-state index >= 15 is 0 Å². The summed E-state index contributed by atoms with van der Waals surface area (Å²) in [5, 5.41) is 15.3. The summed E-state index contributed by atoms with van der Waals surface area (Å²) in [6.07, 6.45) is 0.628. The summed E-state index contributed by atoms with van der Waals surface area (Å²) in [5.41, 5.74) is -1.76. The average molecular weight is 381 g/mol. The molecule has 1 aromatic heterocycles. The number of alkyl halides is 3. The van der Waals surface area contributed by atoms with Crippen LogP contribution in [0.15, 0.2) is 30.5 Å². The lowest BCUT2D eigenvalue weighted by molar-refractivity contribution is -0.143. The average Bonchev–Trinajstić information content (AvgIpc) is 3.09. The van der Waals surface area contributed by atoms with Crippen molar-refractivity contribution in [2.24, 2.45) is 5.92 Å². The smallest absolute Gasteiger partial charge is 0.434 e. The highest BCUT2D eigenvalue weighted by Crippen LogP contribution is 2.34. The van der Waals surface area contributed by atoms with Crippen molar-refractivity contribution < 1.29 is 27.9 Å². The molecule has 0 spiro atoms. The second-order valence-electron chi connectivity index (χ2n) is 6.49. The first kappa shape index (κ1) is 18.9. The second kappa shape index (κ2) is 7.42. The van der Waals surface area contributed by atoms with E-state index in [1.807, 2.05) is 0 Å². The molecule has 0 bridgehead atoms. The van der Waals surface area contributed by atoms with E-state index < -0.39 is 23.4 Å². The highest BCUT2D eigenvalue weighted by atomic mass is 19.4. The van der Waals surface area contributed by atoms with Crippen LogP contribution in [0.1, 0.15) is 48.2 Å². The second-order valence-corrected chi connectivity index (χ2v) is 6.49. The highest BCUT2D eigenvalue weighted by Gasteiger charge is 2.40. The zero-order valence-corrected chi connectivity index (χ0v) is 14.3. The predicted molar refractivity (Wildman–Crippen MR) is 90.7 cm³/mol. The van der Waals surface area contributed by atoms with Gasteiger partial charge >= 0.3 is 12.1 Å². The number of anilines is 1. The SMILES string of the molecule is O=C(O)c1cnn(-c2ccc(NC(=O)C3CCCCC3)cc2)c1C(F)(F)F. The number of rotatable bonds is 4. The van der Waals surface area contributed by atoms with Crippen LogP contribution in [0.3, 0.4) is 0 Å². The Morgan fingerprint density at radius 2 is 1.74 bits per heavy atom. The van der Waals surface area contributed by atoms with Crippen LogP contribution in [0.2, 0.25) is 0 Å². The molecule has 9 heteroatoms. The van der Waals surface area contributed by atoms with Crippen LogP contribution in [-0.2, 0) is 11.0 Å². The van der Waals surface area contributed by atoms with Gasteiger partial charge in [0.15, 0.2) is 5.69 Å². The molecule has 2 aromatic rings. The Morgan fingerprint density at radius 1 is 1.11 bits per heavy atom. The van der Waals surface area contributed by atoms with Crippen molar-refractivity contribution in [1.82, 2.24) is 9.78 Å². The van der Waals surface area contributed by atoms with Gasteiger partial charge in [-0.15, -0.1) is 0 Å². The minimum Gasteiger partial charge on any atom is -0.478 e. The van der Waals surface area contributed by atoms with Gasteiger partial charge in [0.1, 0.15) is 5.56 Å². The van der Waals surface area contributed by atoms with Gasteiger partial charge in [-0.05, 0) is 37.1 Å². The molecule has 6 nitrogen and oxygen atoms in total. The normalized spacial score (nSPS) is 15.5. The largest absolute Gasteiger partial charge is 0.478 e. The zero-order valence-electron chi connectivity index (χ0n) is 14.3. The summed E-state index contributed by atoms with van der Waals surface area (Å²) in [6.45, 7) is 0. The van der Waals surface area contributed by atoms with Crippen LogP contribution >= 0.6 is 0 Å². The number of aromatic carboxylic acids is 1. The number of benzene rings is 1. The predicted octanol–water partition coefficient (Wildman–Crippen LogP) is 4.11. The zero-order chi connectivity index (χ0) is 19.6. The number of carboxylic acid groups (broad SMARTS) is 1. The maximum atomic E-state index is 13.3. The number of carbonyl (C=O) groups is 2. The number of carboxylic acids is 1. The number of amides is 1. The van der Waals surface area contributed by atoms with Crippen LogP contribution in [0.5, 0.6) is 0 Å². The van der Waals surface area contributed by atoms with Gasteiger partial charge in [0.05, 0.1) is 11.9 Å². The van der Waals surface area contributed by atoms with E-state index in [-0.39, 0.29) is 17.5 Å². The van der Waals surface area contributed by atoms with Gasteiger partial charge < -0.3 is 10.4 Å². The fourth-order valence-electron chi connectivity index (χ4n) is 3.27. The molecular formula is C18H18F3N3O3. The number of halogens is 3. The van der Waals surface area contributed by atoms with E-state index in [0.717, 1.165) is 32.1 Å². The van der Waals surface area contributed by atoms with Gasteiger partial charge in [-0.1, -0.05) is 19.3 Å². The highest BCUT2D eigenvalue weighted by molar-refractivity contribution is 5.92. The molecule has 0 saturated heterocycles. The molecule has 1 saturated carbocycles. The lowest BCUT2D eigenvalue weighted by Gasteiger charge is -2.20. The Hall–Kier alpha value is -2.84. The van der Waals surface area contributed by atoms with E-state index in [2.05, 4.69) is 10.4 Å². The van der Waals surface area contributed by atoms with Crippen molar-refractivity contribution in [3.05, 3.63) is 41.7 Å². The van der Waals surface area contributed by atoms with Crippen LogP contribution in [0.25, 0.3) is 5.69 Å². The minimum absolute atomic E-state index is 0.0421. The maximum absolute atomic E-state index is 13.3. The first-order valence-electron chi connectivity index (χ1n) is 8.57. The van der Waals surface area contributed by atoms with Crippen molar-refractivity contribution in [1.29, 1.82) is 0 Å². The topological polar surface area (TPSA) is 84.2 Å². The number of nitrogens with zero attached hydrogens (tertiary/aromatic N) is 2. The van der Waals surface area contributed by atoms with Gasteiger partial charge in [0, 0.05) is 11.6 Å². The third kappa shape index (κ3) is 4.12. The van der Waals surface area contributed by atoms with Crippen molar-refractivity contribution in [2.75, 3.05) is 5.32 Å². The molecule has 0 radical (unpaired) electrons. The Morgan fingerprint density at radius 3 is 2.30 bits per heavy atom. The molecule has 0 aliphatic heterocycles. The van der Waals surface area contributed by atoms with Crippen molar-refractivity contribution >= 4 is 17.6 Å². The standard InChI is InChI=1S/C18H18F3N3O3/c19-18(20,21)15-14(17(26)27)10-22-24(15)13-8-6-12(7-9-13)23-16(25)11-4-2-1-3-5-11/h6-11H,1-5H2,(H,23,25)(H,26,27). The third-order valence-corrected chi connectivity index (χ3v) is 4.62. The van der Waals surface area contributed by atoms with Crippen molar-refractivity contribution in [3.63, 3.8) is 0 Å². The number of aromatic nitrogens is 2. The van der Waals surface area contributed by atoms with Gasteiger partial charge in [-0.2, -0.15) is 18.3 Å². The van der Waals surface area contributed by atoms with E-state index in [1.165, 1.54) is 24.3 Å². The van der Waals surface area contributed by atoms with E-state index in [4.69, 9.17) is 5.11 Å². The van der Waals surface area contributed by atoms with Crippen LogP contribution in [0.4, 0.5) is 18.9 Å². The molecule has 1 heterocycles. The van der Waals surface area contributed by atoms with Crippen molar-refractivity contribution in [3.8, 4) is 5.69 Å². The van der Waals surface area contributed by atoms with Crippen LogP contribution in [-0.4, -0.2) is 26.8 Å².